The Bertz CT molecular complexity index is 589. The fraction of sp³-hybridized carbons (Fsp3) is 0.500. The van der Waals surface area contributed by atoms with Crippen LogP contribution in [0.4, 0.5) is 4.79 Å². The number of carbonyl (C=O) groups excluding carboxylic acids is 3. The van der Waals surface area contributed by atoms with Gasteiger partial charge < -0.3 is 25.6 Å². The van der Waals surface area contributed by atoms with Crippen LogP contribution in [0.3, 0.4) is 0 Å². The number of ether oxygens (including phenoxy) is 1. The first-order valence-electron chi connectivity index (χ1n) is 8.49. The molecule has 1 aromatic carbocycles. The van der Waals surface area contributed by atoms with Gasteiger partial charge in [-0.3, -0.25) is 9.59 Å². The number of nitrogens with zero attached hydrogens (tertiary/aromatic N) is 1. The minimum Gasteiger partial charge on any atom is -0.385 e. The van der Waals surface area contributed by atoms with Crippen LogP contribution in [0.2, 0.25) is 0 Å². The van der Waals surface area contributed by atoms with Crippen molar-refractivity contribution in [3.63, 3.8) is 0 Å². The molecule has 1 aromatic rings. The SMILES string of the molecule is COCCCNC(=O)CN(C)C(=O)CNC(=O)NCc1ccc(C)cc1. The zero-order valence-electron chi connectivity index (χ0n) is 15.6. The van der Waals surface area contributed by atoms with Crippen molar-refractivity contribution in [1.29, 1.82) is 0 Å². The summed E-state index contributed by atoms with van der Waals surface area (Å²) < 4.78 is 4.89. The van der Waals surface area contributed by atoms with Crippen LogP contribution in [0.1, 0.15) is 17.5 Å². The molecule has 0 fully saturated rings. The zero-order chi connectivity index (χ0) is 19.4. The van der Waals surface area contributed by atoms with E-state index in [0.29, 0.717) is 26.1 Å². The molecular weight excluding hydrogens is 336 g/mol. The Morgan fingerprint density at radius 3 is 2.42 bits per heavy atom. The van der Waals surface area contributed by atoms with E-state index in [-0.39, 0.29) is 24.9 Å². The summed E-state index contributed by atoms with van der Waals surface area (Å²) in [7, 11) is 3.11. The van der Waals surface area contributed by atoms with Gasteiger partial charge in [-0.25, -0.2) is 4.79 Å². The third kappa shape index (κ3) is 9.03. The number of urea groups is 1. The van der Waals surface area contributed by atoms with Gasteiger partial charge in [0.15, 0.2) is 0 Å². The van der Waals surface area contributed by atoms with Gasteiger partial charge in [0.2, 0.25) is 11.8 Å². The predicted octanol–water partition coefficient (Wildman–Crippen LogP) is 0.405. The summed E-state index contributed by atoms with van der Waals surface area (Å²) in [5.41, 5.74) is 2.12. The summed E-state index contributed by atoms with van der Waals surface area (Å²) in [4.78, 5) is 36.7. The van der Waals surface area contributed by atoms with Gasteiger partial charge in [-0.1, -0.05) is 29.8 Å². The Labute approximate surface area is 154 Å². The number of aryl methyl sites for hydroxylation is 1. The molecule has 0 aliphatic heterocycles. The van der Waals surface area contributed by atoms with E-state index in [9.17, 15) is 14.4 Å². The van der Waals surface area contributed by atoms with E-state index in [4.69, 9.17) is 4.74 Å². The van der Waals surface area contributed by atoms with Crippen molar-refractivity contribution in [2.75, 3.05) is 40.4 Å². The van der Waals surface area contributed by atoms with Crippen LogP contribution in [0.5, 0.6) is 0 Å². The summed E-state index contributed by atoms with van der Waals surface area (Å²) in [6.07, 6.45) is 0.711. The molecular formula is C18H28N4O4. The Morgan fingerprint density at radius 1 is 1.08 bits per heavy atom. The smallest absolute Gasteiger partial charge is 0.315 e. The summed E-state index contributed by atoms with van der Waals surface area (Å²) in [5, 5.41) is 7.87. The molecule has 0 aliphatic carbocycles. The molecule has 0 radical (unpaired) electrons. The van der Waals surface area contributed by atoms with Crippen molar-refractivity contribution in [2.24, 2.45) is 0 Å². The Morgan fingerprint density at radius 2 is 1.77 bits per heavy atom. The van der Waals surface area contributed by atoms with Crippen molar-refractivity contribution in [1.82, 2.24) is 20.9 Å². The molecule has 0 atom stereocenters. The van der Waals surface area contributed by atoms with Gasteiger partial charge in [-0.05, 0) is 18.9 Å². The summed E-state index contributed by atoms with van der Waals surface area (Å²) in [6.45, 7) is 3.20. The van der Waals surface area contributed by atoms with E-state index in [2.05, 4.69) is 16.0 Å². The van der Waals surface area contributed by atoms with Crippen LogP contribution >= 0.6 is 0 Å². The van der Waals surface area contributed by atoms with Crippen LogP contribution in [0.15, 0.2) is 24.3 Å². The van der Waals surface area contributed by atoms with E-state index < -0.39 is 6.03 Å². The van der Waals surface area contributed by atoms with E-state index >= 15 is 0 Å². The molecule has 0 saturated heterocycles. The van der Waals surface area contributed by atoms with Crippen LogP contribution < -0.4 is 16.0 Å². The van der Waals surface area contributed by atoms with Gasteiger partial charge in [-0.2, -0.15) is 0 Å². The van der Waals surface area contributed by atoms with E-state index in [1.54, 1.807) is 7.11 Å². The zero-order valence-corrected chi connectivity index (χ0v) is 15.6. The van der Waals surface area contributed by atoms with Crippen molar-refractivity contribution in [3.05, 3.63) is 35.4 Å². The second-order valence-electron chi connectivity index (χ2n) is 5.97. The van der Waals surface area contributed by atoms with E-state index in [1.807, 2.05) is 31.2 Å². The lowest BCUT2D eigenvalue weighted by Gasteiger charge is -2.17. The lowest BCUT2D eigenvalue weighted by Crippen LogP contribution is -2.45. The number of methoxy groups -OCH3 is 1. The third-order valence-corrected chi connectivity index (χ3v) is 3.63. The number of benzene rings is 1. The topological polar surface area (TPSA) is 99.8 Å². The lowest BCUT2D eigenvalue weighted by molar-refractivity contribution is -0.133. The van der Waals surface area contributed by atoms with Crippen molar-refractivity contribution in [2.45, 2.75) is 19.9 Å². The third-order valence-electron chi connectivity index (χ3n) is 3.63. The maximum atomic E-state index is 12.0. The average molecular weight is 364 g/mol. The minimum absolute atomic E-state index is 0.0571. The molecule has 8 heteroatoms. The average Bonchev–Trinajstić information content (AvgIpc) is 2.62. The number of hydrogen-bond acceptors (Lipinski definition) is 4. The quantitative estimate of drug-likeness (QED) is 0.524. The first-order chi connectivity index (χ1) is 12.4. The molecule has 26 heavy (non-hydrogen) atoms. The number of nitrogens with one attached hydrogen (secondary N) is 3. The van der Waals surface area contributed by atoms with Gasteiger partial charge in [0.1, 0.15) is 0 Å². The van der Waals surface area contributed by atoms with E-state index in [0.717, 1.165) is 11.1 Å². The second-order valence-corrected chi connectivity index (χ2v) is 5.97. The highest BCUT2D eigenvalue weighted by atomic mass is 16.5. The minimum atomic E-state index is -0.434. The molecule has 0 unspecified atom stereocenters. The van der Waals surface area contributed by atoms with Crippen LogP contribution in [-0.2, 0) is 20.9 Å². The molecule has 8 nitrogen and oxygen atoms in total. The molecule has 144 valence electrons. The van der Waals surface area contributed by atoms with Crippen LogP contribution in [-0.4, -0.2) is 63.1 Å². The highest BCUT2D eigenvalue weighted by molar-refractivity contribution is 5.87. The fourth-order valence-corrected chi connectivity index (χ4v) is 2.05. The second kappa shape index (κ2) is 11.9. The van der Waals surface area contributed by atoms with Gasteiger partial charge in [0.05, 0.1) is 13.1 Å². The number of carbonyl (C=O) groups is 3. The van der Waals surface area contributed by atoms with Crippen molar-refractivity contribution in [3.8, 4) is 0 Å². The maximum Gasteiger partial charge on any atom is 0.315 e. The Hall–Kier alpha value is -2.61. The maximum absolute atomic E-state index is 12.0. The van der Waals surface area contributed by atoms with Crippen LogP contribution in [0, 0.1) is 6.92 Å². The lowest BCUT2D eigenvalue weighted by atomic mass is 10.1. The van der Waals surface area contributed by atoms with Crippen molar-refractivity contribution >= 4 is 17.8 Å². The van der Waals surface area contributed by atoms with Crippen molar-refractivity contribution < 1.29 is 19.1 Å². The normalized spacial score (nSPS) is 10.1. The predicted molar refractivity (Wildman–Crippen MR) is 98.6 cm³/mol. The molecule has 0 saturated carbocycles. The first-order valence-corrected chi connectivity index (χ1v) is 8.49. The number of amides is 4. The monoisotopic (exact) mass is 364 g/mol. The van der Waals surface area contributed by atoms with Gasteiger partial charge in [0.25, 0.3) is 0 Å². The molecule has 1 rings (SSSR count). The molecule has 3 N–H and O–H groups in total. The number of rotatable bonds is 10. The Kier molecular flexibility index (Phi) is 9.78. The largest absolute Gasteiger partial charge is 0.385 e. The molecule has 4 amide bonds. The van der Waals surface area contributed by atoms with Gasteiger partial charge >= 0.3 is 6.03 Å². The number of likely N-dealkylation sites (N-methyl/N-ethyl adjacent to an activating group) is 1. The highest BCUT2D eigenvalue weighted by Gasteiger charge is 2.13. The summed E-state index contributed by atoms with van der Waals surface area (Å²) >= 11 is 0. The molecule has 0 aromatic heterocycles. The van der Waals surface area contributed by atoms with Gasteiger partial charge in [-0.15, -0.1) is 0 Å². The summed E-state index contributed by atoms with van der Waals surface area (Å²) in [6, 6.07) is 7.36. The molecule has 0 spiro atoms. The van der Waals surface area contributed by atoms with Crippen LogP contribution in [0.25, 0.3) is 0 Å². The number of hydrogen-bond donors (Lipinski definition) is 3. The molecule has 0 aliphatic rings. The van der Waals surface area contributed by atoms with Gasteiger partial charge in [0, 0.05) is 33.9 Å². The standard InChI is InChI=1S/C18H28N4O4/c1-14-5-7-15(8-6-14)11-20-18(25)21-12-17(24)22(2)13-16(23)19-9-4-10-26-3/h5-8H,4,9-13H2,1-3H3,(H,19,23)(H2,20,21,25). The summed E-state index contributed by atoms with van der Waals surface area (Å²) in [5.74, 6) is -0.594. The Balaban J connectivity index is 2.21. The highest BCUT2D eigenvalue weighted by Crippen LogP contribution is 2.02. The first kappa shape index (κ1) is 21.4. The van der Waals surface area contributed by atoms with E-state index in [1.165, 1.54) is 11.9 Å². The fourth-order valence-electron chi connectivity index (χ4n) is 2.05. The molecule has 0 heterocycles. The molecule has 0 bridgehead atoms.